The zero-order valence-corrected chi connectivity index (χ0v) is 4.31. The Kier molecular flexibility index (Phi) is 1.31. The normalized spacial score (nSPS) is 9.29. The van der Waals surface area contributed by atoms with E-state index in [2.05, 4.69) is 20.9 Å². The van der Waals surface area contributed by atoms with Crippen molar-refractivity contribution in [3.05, 3.63) is 12.6 Å². The van der Waals surface area contributed by atoms with Gasteiger partial charge in [-0.1, -0.05) is 11.8 Å². The van der Waals surface area contributed by atoms with E-state index in [-0.39, 0.29) is 0 Å². The van der Waals surface area contributed by atoms with Crippen molar-refractivity contribution in [2.45, 2.75) is 5.22 Å². The molecule has 3 nitrogen and oxygen atoms in total. The van der Waals surface area contributed by atoms with Gasteiger partial charge in [0.25, 0.3) is 5.22 Å². The Morgan fingerprint density at radius 3 is 3.00 bits per heavy atom. The number of hydrogen-bond donors (Lipinski definition) is 0. The summed E-state index contributed by atoms with van der Waals surface area (Å²) in [6.07, 6.45) is 4.72. The molecule has 0 atom stereocenters. The molecule has 1 aromatic heterocycles. The molecule has 0 bridgehead atoms. The van der Waals surface area contributed by atoms with Crippen LogP contribution in [0.5, 0.6) is 0 Å². The lowest BCUT2D eigenvalue weighted by atomic mass is 11.5. The first-order valence-corrected chi connectivity index (χ1v) is 2.60. The van der Waals surface area contributed by atoms with E-state index >= 15 is 0 Å². The van der Waals surface area contributed by atoms with Crippen molar-refractivity contribution in [2.24, 2.45) is 0 Å². The summed E-state index contributed by atoms with van der Waals surface area (Å²) < 4.78 is 4.66. The Hall–Kier alpha value is -0.510. The lowest BCUT2D eigenvalue weighted by molar-refractivity contribution is 0.454. The van der Waals surface area contributed by atoms with Crippen molar-refractivity contribution in [3.63, 3.8) is 0 Å². The Bertz CT molecular complexity index is 127. The van der Waals surface area contributed by atoms with Crippen LogP contribution in [0.25, 0.3) is 0 Å². The van der Waals surface area contributed by atoms with Gasteiger partial charge in [0.15, 0.2) is 0 Å². The molecular weight excluding hydrogens is 112 g/mol. The Balaban J connectivity index is 2.76. The SMILES string of the molecule is [CH2]Sc1nnco1. The van der Waals surface area contributed by atoms with Gasteiger partial charge in [0.2, 0.25) is 6.39 Å². The van der Waals surface area contributed by atoms with Crippen molar-refractivity contribution >= 4 is 11.8 Å². The summed E-state index contributed by atoms with van der Waals surface area (Å²) in [5.74, 6) is 0. The Morgan fingerprint density at radius 1 is 1.86 bits per heavy atom. The van der Waals surface area contributed by atoms with Crippen molar-refractivity contribution in [2.75, 3.05) is 0 Å². The highest BCUT2D eigenvalue weighted by molar-refractivity contribution is 8.00. The number of thioether (sulfide) groups is 1. The predicted octanol–water partition coefficient (Wildman–Crippen LogP) is 0.953. The number of aromatic nitrogens is 2. The first-order valence-electron chi connectivity index (χ1n) is 1.61. The molecule has 0 saturated carbocycles. The van der Waals surface area contributed by atoms with Crippen LogP contribution in [-0.4, -0.2) is 10.2 Å². The van der Waals surface area contributed by atoms with E-state index in [4.69, 9.17) is 0 Å². The van der Waals surface area contributed by atoms with E-state index in [1.807, 2.05) is 0 Å². The highest BCUT2D eigenvalue weighted by Gasteiger charge is 1.89. The average Bonchev–Trinajstić information content (AvgIpc) is 2.14. The lowest BCUT2D eigenvalue weighted by Crippen LogP contribution is -1.63. The second kappa shape index (κ2) is 1.97. The lowest BCUT2D eigenvalue weighted by Gasteiger charge is -1.74. The van der Waals surface area contributed by atoms with Crippen LogP contribution in [0, 0.1) is 6.26 Å². The summed E-state index contributed by atoms with van der Waals surface area (Å²) in [5, 5.41) is 7.43. The third-order valence-corrected chi connectivity index (χ3v) is 0.888. The zero-order valence-electron chi connectivity index (χ0n) is 3.50. The fourth-order valence-corrected chi connectivity index (χ4v) is 0.442. The van der Waals surface area contributed by atoms with E-state index < -0.39 is 0 Å². The van der Waals surface area contributed by atoms with Crippen molar-refractivity contribution in [1.82, 2.24) is 10.2 Å². The Morgan fingerprint density at radius 2 is 2.71 bits per heavy atom. The highest BCUT2D eigenvalue weighted by atomic mass is 32.2. The summed E-state index contributed by atoms with van der Waals surface area (Å²) in [6, 6.07) is 0. The number of rotatable bonds is 1. The van der Waals surface area contributed by atoms with Gasteiger partial charge in [-0.2, -0.15) is 0 Å². The van der Waals surface area contributed by atoms with Gasteiger partial charge in [-0.3, -0.25) is 0 Å². The van der Waals surface area contributed by atoms with Crippen LogP contribution in [-0.2, 0) is 0 Å². The third-order valence-electron chi connectivity index (χ3n) is 0.464. The maximum Gasteiger partial charge on any atom is 0.276 e. The van der Waals surface area contributed by atoms with Gasteiger partial charge < -0.3 is 4.42 Å². The molecule has 4 heteroatoms. The first-order chi connectivity index (χ1) is 3.43. The van der Waals surface area contributed by atoms with Crippen LogP contribution in [0.2, 0.25) is 0 Å². The molecular formula is C3H3N2OS. The summed E-state index contributed by atoms with van der Waals surface area (Å²) in [4.78, 5) is 0. The van der Waals surface area contributed by atoms with Crippen LogP contribution >= 0.6 is 11.8 Å². The molecule has 1 heterocycles. The van der Waals surface area contributed by atoms with Gasteiger partial charge in [-0.05, 0) is 0 Å². The van der Waals surface area contributed by atoms with Gasteiger partial charge in [0.1, 0.15) is 0 Å². The second-order valence-corrected chi connectivity index (χ2v) is 1.49. The molecule has 1 aromatic rings. The van der Waals surface area contributed by atoms with Gasteiger partial charge in [-0.15, -0.1) is 10.2 Å². The molecule has 0 saturated heterocycles. The van der Waals surface area contributed by atoms with Gasteiger partial charge in [0, 0.05) is 6.26 Å². The van der Waals surface area contributed by atoms with Crippen molar-refractivity contribution in [1.29, 1.82) is 0 Å². The minimum Gasteiger partial charge on any atom is -0.419 e. The molecule has 1 rings (SSSR count). The van der Waals surface area contributed by atoms with Gasteiger partial charge in [-0.25, -0.2) is 0 Å². The van der Waals surface area contributed by atoms with Crippen molar-refractivity contribution in [3.8, 4) is 0 Å². The molecule has 0 aliphatic carbocycles. The van der Waals surface area contributed by atoms with Crippen molar-refractivity contribution < 1.29 is 4.42 Å². The van der Waals surface area contributed by atoms with E-state index in [0.29, 0.717) is 5.22 Å². The van der Waals surface area contributed by atoms with E-state index in [0.717, 1.165) is 0 Å². The molecule has 7 heavy (non-hydrogen) atoms. The summed E-state index contributed by atoms with van der Waals surface area (Å²) in [6.45, 7) is 0. The smallest absolute Gasteiger partial charge is 0.276 e. The summed E-state index contributed by atoms with van der Waals surface area (Å²) in [7, 11) is 0. The molecule has 0 aliphatic heterocycles. The maximum absolute atomic E-state index is 4.66. The number of nitrogens with zero attached hydrogens (tertiary/aromatic N) is 2. The zero-order chi connectivity index (χ0) is 5.11. The van der Waals surface area contributed by atoms with Crippen LogP contribution in [0.1, 0.15) is 0 Å². The van der Waals surface area contributed by atoms with Crippen LogP contribution in [0.3, 0.4) is 0 Å². The number of hydrogen-bond acceptors (Lipinski definition) is 4. The molecule has 0 N–H and O–H groups in total. The minimum absolute atomic E-state index is 0.500. The summed E-state index contributed by atoms with van der Waals surface area (Å²) in [5.41, 5.74) is 0. The van der Waals surface area contributed by atoms with Gasteiger partial charge >= 0.3 is 0 Å². The molecule has 1 radical (unpaired) electrons. The molecule has 37 valence electrons. The fraction of sp³-hybridized carbons (Fsp3) is 0. The highest BCUT2D eigenvalue weighted by Crippen LogP contribution is 2.08. The minimum atomic E-state index is 0.500. The quantitative estimate of drug-likeness (QED) is 0.511. The molecule has 0 spiro atoms. The van der Waals surface area contributed by atoms with Crippen LogP contribution in [0.4, 0.5) is 0 Å². The molecule has 0 fully saturated rings. The van der Waals surface area contributed by atoms with E-state index in [9.17, 15) is 0 Å². The van der Waals surface area contributed by atoms with Gasteiger partial charge in [0.05, 0.1) is 0 Å². The Labute approximate surface area is 45.1 Å². The first kappa shape index (κ1) is 4.64. The fourth-order valence-electron chi connectivity index (χ4n) is 0.226. The summed E-state index contributed by atoms with van der Waals surface area (Å²) >= 11 is 1.19. The largest absolute Gasteiger partial charge is 0.419 e. The molecule has 0 aliphatic rings. The monoisotopic (exact) mass is 115 g/mol. The third kappa shape index (κ3) is 0.928. The van der Waals surface area contributed by atoms with E-state index in [1.165, 1.54) is 18.2 Å². The van der Waals surface area contributed by atoms with Crippen LogP contribution < -0.4 is 0 Å². The second-order valence-electron chi connectivity index (χ2n) is 0.849. The van der Waals surface area contributed by atoms with Crippen LogP contribution in [0.15, 0.2) is 16.0 Å². The average molecular weight is 115 g/mol. The standard InChI is InChI=1S/C3H3N2OS/c1-7-3-5-4-2-6-3/h2H,1H2. The maximum atomic E-state index is 4.66. The molecule has 0 unspecified atom stereocenters. The molecule has 0 aromatic carbocycles. The topological polar surface area (TPSA) is 38.9 Å². The predicted molar refractivity (Wildman–Crippen MR) is 25.5 cm³/mol. The van der Waals surface area contributed by atoms with E-state index in [1.54, 1.807) is 0 Å². The molecule has 0 amide bonds.